The van der Waals surface area contributed by atoms with Gasteiger partial charge in [-0.2, -0.15) is 15.0 Å². The zero-order chi connectivity index (χ0) is 19.8. The molecule has 3 fully saturated rings. The molecule has 0 aromatic carbocycles. The van der Waals surface area contributed by atoms with Crippen molar-refractivity contribution in [2.24, 2.45) is 0 Å². The topological polar surface area (TPSA) is 108 Å². The molecule has 1 aliphatic carbocycles. The average molecular weight is 407 g/mol. The highest BCUT2D eigenvalue weighted by atomic mass is 19.3. The van der Waals surface area contributed by atoms with Crippen LogP contribution in [0.1, 0.15) is 37.5 Å². The van der Waals surface area contributed by atoms with Gasteiger partial charge in [0, 0.05) is 45.1 Å². The fourth-order valence-corrected chi connectivity index (χ4v) is 3.66. The molecule has 0 atom stereocenters. The first kappa shape index (κ1) is 18.4. The van der Waals surface area contributed by atoms with Gasteiger partial charge in [0.25, 0.3) is 5.92 Å². The number of halogens is 2. The summed E-state index contributed by atoms with van der Waals surface area (Å²) in [6.45, 7) is 2.87. The summed E-state index contributed by atoms with van der Waals surface area (Å²) < 4.78 is 33.1. The Hall–Kier alpha value is -2.63. The van der Waals surface area contributed by atoms with Gasteiger partial charge in [0.1, 0.15) is 0 Å². The van der Waals surface area contributed by atoms with Crippen LogP contribution in [-0.2, 0) is 0 Å². The first-order valence-corrected chi connectivity index (χ1v) is 10.0. The maximum atomic E-state index is 13.7. The lowest BCUT2D eigenvalue weighted by molar-refractivity contribution is 0.0256. The molecule has 4 heterocycles. The van der Waals surface area contributed by atoms with Crippen LogP contribution in [0.3, 0.4) is 0 Å². The van der Waals surface area contributed by atoms with Crippen LogP contribution in [0.2, 0.25) is 0 Å². The first-order chi connectivity index (χ1) is 14.1. The predicted molar refractivity (Wildman–Crippen MR) is 101 cm³/mol. The Kier molecular flexibility index (Phi) is 4.64. The minimum Gasteiger partial charge on any atom is -0.408 e. The lowest BCUT2D eigenvalue weighted by atomic mass is 9.85. The van der Waals surface area contributed by atoms with Crippen molar-refractivity contribution in [3.05, 3.63) is 5.89 Å². The van der Waals surface area contributed by atoms with Gasteiger partial charge in [-0.05, 0) is 12.8 Å². The monoisotopic (exact) mass is 407 g/mol. The molecule has 0 radical (unpaired) electrons. The van der Waals surface area contributed by atoms with E-state index in [0.29, 0.717) is 17.8 Å². The fraction of sp³-hybridized carbons (Fsp3) is 0.706. The summed E-state index contributed by atoms with van der Waals surface area (Å²) in [5, 5.41) is 14.3. The molecule has 2 saturated heterocycles. The summed E-state index contributed by atoms with van der Waals surface area (Å²) in [5.74, 6) is -0.924. The summed E-state index contributed by atoms with van der Waals surface area (Å²) in [6.07, 6.45) is 3.06. The van der Waals surface area contributed by atoms with Gasteiger partial charge in [-0.3, -0.25) is 5.32 Å². The molecule has 0 amide bonds. The van der Waals surface area contributed by atoms with Crippen molar-refractivity contribution in [3.63, 3.8) is 0 Å². The van der Waals surface area contributed by atoms with Gasteiger partial charge in [-0.25, -0.2) is 8.78 Å². The highest BCUT2D eigenvalue weighted by Crippen LogP contribution is 2.36. The highest BCUT2D eigenvalue weighted by Gasteiger charge is 2.39. The summed E-state index contributed by atoms with van der Waals surface area (Å²) >= 11 is 0. The van der Waals surface area contributed by atoms with E-state index in [2.05, 4.69) is 35.8 Å². The molecule has 0 unspecified atom stereocenters. The number of nitrogens with zero attached hydrogens (tertiary/aromatic N) is 7. The molecule has 0 spiro atoms. The second-order valence-corrected chi connectivity index (χ2v) is 7.72. The third kappa shape index (κ3) is 3.93. The van der Waals surface area contributed by atoms with Crippen LogP contribution in [0, 0.1) is 0 Å². The molecule has 156 valence electrons. The number of piperazine rings is 1. The van der Waals surface area contributed by atoms with Crippen LogP contribution in [0.4, 0.5) is 32.6 Å². The smallest absolute Gasteiger partial charge is 0.322 e. The SMILES string of the molecule is FC1(F)CCN(c2nc(Nc3nnc(C4CCC4)o3)nc(N3CCNCC3)n2)C1. The van der Waals surface area contributed by atoms with E-state index in [1.165, 1.54) is 11.3 Å². The minimum atomic E-state index is -2.74. The molecule has 0 bridgehead atoms. The van der Waals surface area contributed by atoms with E-state index in [1.54, 1.807) is 0 Å². The van der Waals surface area contributed by atoms with Gasteiger partial charge in [-0.1, -0.05) is 11.5 Å². The molecule has 2 aromatic heterocycles. The molecule has 2 aliphatic heterocycles. The van der Waals surface area contributed by atoms with Crippen LogP contribution in [0.15, 0.2) is 4.42 Å². The molecule has 1 saturated carbocycles. The summed E-state index contributed by atoms with van der Waals surface area (Å²) in [4.78, 5) is 16.8. The maximum absolute atomic E-state index is 13.7. The Morgan fingerprint density at radius 1 is 1.00 bits per heavy atom. The van der Waals surface area contributed by atoms with Crippen molar-refractivity contribution in [2.75, 3.05) is 54.4 Å². The predicted octanol–water partition coefficient (Wildman–Crippen LogP) is 1.52. The largest absolute Gasteiger partial charge is 0.408 e. The number of rotatable bonds is 5. The van der Waals surface area contributed by atoms with E-state index < -0.39 is 12.5 Å². The van der Waals surface area contributed by atoms with E-state index in [9.17, 15) is 8.78 Å². The normalized spacial score (nSPS) is 22.0. The molecule has 2 aromatic rings. The van der Waals surface area contributed by atoms with Gasteiger partial charge in [0.15, 0.2) is 0 Å². The molecule has 3 aliphatic rings. The number of hydrogen-bond donors (Lipinski definition) is 2. The van der Waals surface area contributed by atoms with Crippen molar-refractivity contribution >= 4 is 23.9 Å². The maximum Gasteiger partial charge on any atom is 0.322 e. The quantitative estimate of drug-likeness (QED) is 0.757. The lowest BCUT2D eigenvalue weighted by Crippen LogP contribution is -2.44. The first-order valence-electron chi connectivity index (χ1n) is 10.0. The standard InChI is InChI=1S/C17H23F2N9O/c18-17(19)4-7-28(10-17)15-22-13(21-14(24-15)27-8-5-20-6-9-27)23-16-26-25-12(29-16)11-2-1-3-11/h11,20H,1-10H2,(H,21,22,23,24,26). The average Bonchev–Trinajstić information content (AvgIpc) is 3.27. The number of nitrogens with one attached hydrogen (secondary N) is 2. The second kappa shape index (κ2) is 7.32. The molecule has 5 rings (SSSR count). The van der Waals surface area contributed by atoms with Crippen LogP contribution in [0.5, 0.6) is 0 Å². The van der Waals surface area contributed by atoms with Crippen molar-refractivity contribution < 1.29 is 13.2 Å². The Morgan fingerprint density at radius 3 is 2.41 bits per heavy atom. The van der Waals surface area contributed by atoms with Crippen LogP contribution >= 0.6 is 0 Å². The van der Waals surface area contributed by atoms with Gasteiger partial charge in [-0.15, -0.1) is 5.10 Å². The van der Waals surface area contributed by atoms with E-state index >= 15 is 0 Å². The molecule has 10 nitrogen and oxygen atoms in total. The van der Waals surface area contributed by atoms with E-state index in [4.69, 9.17) is 4.42 Å². The van der Waals surface area contributed by atoms with Crippen molar-refractivity contribution in [1.82, 2.24) is 30.5 Å². The van der Waals surface area contributed by atoms with Crippen molar-refractivity contribution in [2.45, 2.75) is 37.5 Å². The van der Waals surface area contributed by atoms with Crippen molar-refractivity contribution in [1.29, 1.82) is 0 Å². The number of anilines is 4. The number of hydrogen-bond acceptors (Lipinski definition) is 10. The fourth-order valence-electron chi connectivity index (χ4n) is 3.66. The molecule has 2 N–H and O–H groups in total. The van der Waals surface area contributed by atoms with E-state index in [-0.39, 0.29) is 30.9 Å². The van der Waals surface area contributed by atoms with Crippen LogP contribution in [0.25, 0.3) is 0 Å². The van der Waals surface area contributed by atoms with E-state index in [0.717, 1.165) is 39.0 Å². The zero-order valence-corrected chi connectivity index (χ0v) is 15.9. The van der Waals surface area contributed by atoms with Crippen molar-refractivity contribution in [3.8, 4) is 0 Å². The zero-order valence-electron chi connectivity index (χ0n) is 15.9. The highest BCUT2D eigenvalue weighted by molar-refractivity contribution is 5.50. The molecule has 29 heavy (non-hydrogen) atoms. The van der Waals surface area contributed by atoms with Gasteiger partial charge in [0.05, 0.1) is 6.54 Å². The van der Waals surface area contributed by atoms with Crippen LogP contribution < -0.4 is 20.4 Å². The van der Waals surface area contributed by atoms with E-state index in [1.807, 2.05) is 4.90 Å². The summed E-state index contributed by atoms with van der Waals surface area (Å²) in [6, 6.07) is 0.196. The minimum absolute atomic E-state index is 0.196. The second-order valence-electron chi connectivity index (χ2n) is 7.72. The Bertz CT molecular complexity index is 866. The molecular formula is C17H23F2N9O. The molecular weight excluding hydrogens is 384 g/mol. The third-order valence-corrected chi connectivity index (χ3v) is 5.58. The van der Waals surface area contributed by atoms with Crippen LogP contribution in [-0.4, -0.2) is 70.3 Å². The third-order valence-electron chi connectivity index (χ3n) is 5.58. The number of aromatic nitrogens is 5. The Morgan fingerprint density at radius 2 is 1.76 bits per heavy atom. The van der Waals surface area contributed by atoms with Gasteiger partial charge in [0.2, 0.25) is 23.7 Å². The summed E-state index contributed by atoms with van der Waals surface area (Å²) in [7, 11) is 0. The Balaban J connectivity index is 1.41. The molecule has 12 heteroatoms. The lowest BCUT2D eigenvalue weighted by Gasteiger charge is -2.28. The van der Waals surface area contributed by atoms with Gasteiger partial charge >= 0.3 is 6.01 Å². The number of alkyl halides is 2. The summed E-state index contributed by atoms with van der Waals surface area (Å²) in [5.41, 5.74) is 0. The Labute approximate surface area is 166 Å². The van der Waals surface area contributed by atoms with Gasteiger partial charge < -0.3 is 19.5 Å².